The highest BCUT2D eigenvalue weighted by molar-refractivity contribution is 7.89. The van der Waals surface area contributed by atoms with Crippen LogP contribution < -0.4 is 5.32 Å². The van der Waals surface area contributed by atoms with E-state index in [0.717, 1.165) is 32.1 Å². The van der Waals surface area contributed by atoms with Crippen molar-refractivity contribution in [2.45, 2.75) is 49.5 Å². The highest BCUT2D eigenvalue weighted by Gasteiger charge is 2.30. The number of aryl methyl sites for hydroxylation is 2. The smallest absolute Gasteiger partial charge is 0.243 e. The molecule has 1 aromatic carbocycles. The lowest BCUT2D eigenvalue weighted by atomic mass is 9.92. The van der Waals surface area contributed by atoms with Gasteiger partial charge in [-0.05, 0) is 61.8 Å². The highest BCUT2D eigenvalue weighted by Crippen LogP contribution is 2.26. The first kappa shape index (κ1) is 17.9. The molecule has 2 aliphatic carbocycles. The van der Waals surface area contributed by atoms with E-state index < -0.39 is 10.0 Å². The largest absolute Gasteiger partial charge is 0.352 e. The van der Waals surface area contributed by atoms with Crippen molar-refractivity contribution in [3.05, 3.63) is 29.3 Å². The number of nitrogens with one attached hydrogen (secondary N) is 1. The van der Waals surface area contributed by atoms with Gasteiger partial charge >= 0.3 is 0 Å². The molecule has 0 bridgehead atoms. The van der Waals surface area contributed by atoms with E-state index in [2.05, 4.69) is 5.32 Å². The molecule has 1 amide bonds. The minimum absolute atomic E-state index is 0.0542. The van der Waals surface area contributed by atoms with Crippen molar-refractivity contribution < 1.29 is 13.2 Å². The fourth-order valence-electron chi connectivity index (χ4n) is 3.85. The van der Waals surface area contributed by atoms with Gasteiger partial charge in [0.2, 0.25) is 15.9 Å². The topological polar surface area (TPSA) is 69.7 Å². The van der Waals surface area contributed by atoms with Crippen LogP contribution in [0.25, 0.3) is 0 Å². The summed E-state index contributed by atoms with van der Waals surface area (Å²) in [5, 5.41) is 2.98. The summed E-state index contributed by atoms with van der Waals surface area (Å²) in [7, 11) is -3.45. The van der Waals surface area contributed by atoms with Crippen molar-refractivity contribution in [3.63, 3.8) is 0 Å². The summed E-state index contributed by atoms with van der Waals surface area (Å²) < 4.78 is 27.5. The number of benzene rings is 1. The molecule has 1 aromatic rings. The van der Waals surface area contributed by atoms with E-state index in [1.165, 1.54) is 17.5 Å². The predicted octanol–water partition coefficient (Wildman–Crippen LogP) is 1.15. The Morgan fingerprint density at radius 2 is 1.73 bits per heavy atom. The van der Waals surface area contributed by atoms with Gasteiger partial charge in [0.25, 0.3) is 0 Å². The summed E-state index contributed by atoms with van der Waals surface area (Å²) >= 11 is 0. The number of sulfonamides is 1. The molecule has 1 N–H and O–H groups in total. The lowest BCUT2D eigenvalue weighted by Gasteiger charge is -2.33. The number of hydrogen-bond acceptors (Lipinski definition) is 4. The maximum Gasteiger partial charge on any atom is 0.243 e. The van der Waals surface area contributed by atoms with Gasteiger partial charge in [-0.1, -0.05) is 6.07 Å². The van der Waals surface area contributed by atoms with Crippen LogP contribution in [0.1, 0.15) is 36.8 Å². The second-order valence-corrected chi connectivity index (χ2v) is 9.60. The molecule has 0 unspecified atom stereocenters. The molecule has 4 rings (SSSR count). The molecule has 2 fully saturated rings. The zero-order valence-corrected chi connectivity index (χ0v) is 15.9. The highest BCUT2D eigenvalue weighted by atomic mass is 32.2. The second-order valence-electron chi connectivity index (χ2n) is 7.66. The van der Waals surface area contributed by atoms with E-state index in [1.807, 2.05) is 17.0 Å². The monoisotopic (exact) mass is 377 g/mol. The van der Waals surface area contributed by atoms with E-state index in [4.69, 9.17) is 0 Å². The summed E-state index contributed by atoms with van der Waals surface area (Å²) in [5.74, 6) is 0.0542. The van der Waals surface area contributed by atoms with Crippen molar-refractivity contribution in [3.8, 4) is 0 Å². The predicted molar refractivity (Wildman–Crippen MR) is 99.4 cm³/mol. The van der Waals surface area contributed by atoms with E-state index in [-0.39, 0.29) is 5.91 Å². The van der Waals surface area contributed by atoms with Crippen LogP contribution in [0.3, 0.4) is 0 Å². The minimum Gasteiger partial charge on any atom is -0.352 e. The van der Waals surface area contributed by atoms with Gasteiger partial charge in [-0.2, -0.15) is 4.31 Å². The fraction of sp³-hybridized carbons (Fsp3) is 0.632. The molecule has 26 heavy (non-hydrogen) atoms. The molecule has 1 heterocycles. The van der Waals surface area contributed by atoms with Gasteiger partial charge in [0.1, 0.15) is 0 Å². The van der Waals surface area contributed by atoms with Crippen molar-refractivity contribution in [1.29, 1.82) is 0 Å². The molecule has 142 valence electrons. The van der Waals surface area contributed by atoms with Gasteiger partial charge in [0, 0.05) is 32.2 Å². The Morgan fingerprint density at radius 3 is 2.42 bits per heavy atom. The van der Waals surface area contributed by atoms with Gasteiger partial charge < -0.3 is 5.32 Å². The van der Waals surface area contributed by atoms with E-state index in [1.54, 1.807) is 10.4 Å². The number of piperazine rings is 1. The van der Waals surface area contributed by atoms with E-state index in [9.17, 15) is 13.2 Å². The Bertz CT molecular complexity index is 781. The first-order valence-electron chi connectivity index (χ1n) is 9.66. The lowest BCUT2D eigenvalue weighted by molar-refractivity contribution is -0.122. The molecule has 1 saturated heterocycles. The van der Waals surface area contributed by atoms with Gasteiger partial charge in [0.05, 0.1) is 11.4 Å². The van der Waals surface area contributed by atoms with Crippen LogP contribution in [0.4, 0.5) is 0 Å². The Morgan fingerprint density at radius 1 is 1.04 bits per heavy atom. The van der Waals surface area contributed by atoms with Gasteiger partial charge in [-0.15, -0.1) is 0 Å². The number of amides is 1. The third kappa shape index (κ3) is 3.94. The lowest BCUT2D eigenvalue weighted by Crippen LogP contribution is -2.51. The quantitative estimate of drug-likeness (QED) is 0.836. The number of carbonyl (C=O) groups is 1. The van der Waals surface area contributed by atoms with E-state index in [0.29, 0.717) is 43.7 Å². The van der Waals surface area contributed by atoms with E-state index >= 15 is 0 Å². The molecule has 1 aliphatic heterocycles. The van der Waals surface area contributed by atoms with Crippen LogP contribution in [0.2, 0.25) is 0 Å². The van der Waals surface area contributed by atoms with Crippen molar-refractivity contribution in [2.24, 2.45) is 0 Å². The third-order valence-electron chi connectivity index (χ3n) is 5.60. The first-order chi connectivity index (χ1) is 12.5. The summed E-state index contributed by atoms with van der Waals surface area (Å²) in [4.78, 5) is 14.4. The number of fused-ring (bicyclic) bond motifs is 1. The summed E-state index contributed by atoms with van der Waals surface area (Å²) in [6, 6.07) is 5.99. The molecular formula is C19H27N3O3S. The zero-order chi connectivity index (χ0) is 18.1. The molecule has 6 nitrogen and oxygen atoms in total. The van der Waals surface area contributed by atoms with Crippen LogP contribution in [-0.2, 0) is 27.7 Å². The van der Waals surface area contributed by atoms with Crippen molar-refractivity contribution in [2.75, 3.05) is 32.7 Å². The molecule has 0 spiro atoms. The Labute approximate surface area is 155 Å². The first-order valence-corrected chi connectivity index (χ1v) is 11.1. The zero-order valence-electron chi connectivity index (χ0n) is 15.1. The van der Waals surface area contributed by atoms with Gasteiger partial charge in [-0.3, -0.25) is 9.69 Å². The van der Waals surface area contributed by atoms with Crippen LogP contribution in [0, 0.1) is 0 Å². The van der Waals surface area contributed by atoms with Crippen LogP contribution in [0.15, 0.2) is 23.1 Å². The Balaban J connectivity index is 1.37. The molecule has 7 heteroatoms. The van der Waals surface area contributed by atoms with Crippen LogP contribution in [0.5, 0.6) is 0 Å². The Kier molecular flexibility index (Phi) is 5.03. The summed E-state index contributed by atoms with van der Waals surface area (Å²) in [6.07, 6.45) is 6.52. The molecule has 0 atom stereocenters. The van der Waals surface area contributed by atoms with Gasteiger partial charge in [0.15, 0.2) is 0 Å². The SMILES string of the molecule is O=C(CN1CCN(S(=O)(=O)c2ccc3c(c2)CCCC3)CC1)NC1CC1. The van der Waals surface area contributed by atoms with Gasteiger partial charge in [-0.25, -0.2) is 8.42 Å². The van der Waals surface area contributed by atoms with Crippen LogP contribution in [-0.4, -0.2) is 62.3 Å². The Hall–Kier alpha value is -1.44. The standard InChI is InChI=1S/C19H27N3O3S/c23-19(20-17-6-7-17)14-21-9-11-22(12-10-21)26(24,25)18-8-5-15-3-1-2-4-16(15)13-18/h5,8,13,17H,1-4,6-7,9-12,14H2,(H,20,23). The number of rotatable bonds is 5. The fourth-order valence-corrected chi connectivity index (χ4v) is 5.32. The van der Waals surface area contributed by atoms with Crippen molar-refractivity contribution >= 4 is 15.9 Å². The molecule has 0 radical (unpaired) electrons. The number of nitrogens with zero attached hydrogens (tertiary/aromatic N) is 2. The van der Waals surface area contributed by atoms with Crippen molar-refractivity contribution in [1.82, 2.24) is 14.5 Å². The van der Waals surface area contributed by atoms with Crippen LogP contribution >= 0.6 is 0 Å². The molecule has 3 aliphatic rings. The number of carbonyl (C=O) groups excluding carboxylic acids is 1. The molecule has 1 saturated carbocycles. The molecule has 0 aromatic heterocycles. The average Bonchev–Trinajstić information content (AvgIpc) is 3.45. The second kappa shape index (κ2) is 7.29. The third-order valence-corrected chi connectivity index (χ3v) is 7.49. The maximum absolute atomic E-state index is 13.0. The maximum atomic E-state index is 13.0. The number of hydrogen-bond donors (Lipinski definition) is 1. The summed E-state index contributed by atoms with van der Waals surface area (Å²) in [6.45, 7) is 2.44. The molecular weight excluding hydrogens is 350 g/mol. The summed E-state index contributed by atoms with van der Waals surface area (Å²) in [5.41, 5.74) is 2.48. The average molecular weight is 378 g/mol. The minimum atomic E-state index is -3.45. The normalized spacial score (nSPS) is 22.0.